The molecule has 4 nitrogen and oxygen atoms in total. The summed E-state index contributed by atoms with van der Waals surface area (Å²) in [6.45, 7) is 6.18. The van der Waals surface area contributed by atoms with E-state index in [1.165, 1.54) is 10.7 Å². The van der Waals surface area contributed by atoms with Crippen molar-refractivity contribution in [3.05, 3.63) is 34.5 Å². The Morgan fingerprint density at radius 1 is 1.39 bits per heavy atom. The highest BCUT2D eigenvalue weighted by Crippen LogP contribution is 2.19. The van der Waals surface area contributed by atoms with Gasteiger partial charge in [0.2, 0.25) is 0 Å². The molecule has 98 valence electrons. The Morgan fingerprint density at radius 3 is 2.94 bits per heavy atom. The Kier molecular flexibility index (Phi) is 4.90. The van der Waals surface area contributed by atoms with Crippen molar-refractivity contribution < 1.29 is 0 Å². The van der Waals surface area contributed by atoms with Crippen molar-refractivity contribution in [2.45, 2.75) is 45.8 Å². The molecule has 2 rings (SSSR count). The minimum Gasteiger partial charge on any atom is -0.302 e. The topological polar surface area (TPSA) is 42.7 Å². The smallest absolute Gasteiger partial charge is 0.109 e. The lowest BCUT2D eigenvalue weighted by Crippen LogP contribution is -2.22. The average Bonchev–Trinajstić information content (AvgIpc) is 3.03. The van der Waals surface area contributed by atoms with Crippen LogP contribution in [0.2, 0.25) is 0 Å². The lowest BCUT2D eigenvalue weighted by molar-refractivity contribution is 0.485. The van der Waals surface area contributed by atoms with Crippen molar-refractivity contribution in [1.29, 1.82) is 0 Å². The summed E-state index contributed by atoms with van der Waals surface area (Å²) < 4.78 is 2.07. The molecule has 0 aromatic carbocycles. The Balaban J connectivity index is 1.95. The zero-order valence-electron chi connectivity index (χ0n) is 11.0. The van der Waals surface area contributed by atoms with Crippen molar-refractivity contribution in [2.75, 3.05) is 0 Å². The maximum Gasteiger partial charge on any atom is 0.109 e. The maximum absolute atomic E-state index is 4.38. The summed E-state index contributed by atoms with van der Waals surface area (Å²) in [5, 5.41) is 11.1. The van der Waals surface area contributed by atoms with Crippen LogP contribution >= 0.6 is 11.3 Å². The van der Waals surface area contributed by atoms with Crippen LogP contribution in [-0.4, -0.2) is 14.8 Å². The number of hydrogen-bond acceptors (Lipinski definition) is 4. The standard InChI is InChI=1S/C13H20N4S/c1-3-8-17-11(5-6-16-17)10-15-12(4-2)13-14-7-9-18-13/h5-7,9,12,15H,3-4,8,10H2,1-2H3. The molecule has 0 aliphatic rings. The first-order chi connectivity index (χ1) is 8.85. The quantitative estimate of drug-likeness (QED) is 0.836. The second kappa shape index (κ2) is 6.66. The molecule has 1 N–H and O–H groups in total. The molecule has 18 heavy (non-hydrogen) atoms. The second-order valence-corrected chi connectivity index (χ2v) is 5.18. The molecule has 2 aromatic heterocycles. The molecule has 2 heterocycles. The Bertz CT molecular complexity index is 449. The van der Waals surface area contributed by atoms with Crippen LogP contribution < -0.4 is 5.32 Å². The molecule has 0 radical (unpaired) electrons. The molecule has 0 amide bonds. The van der Waals surface area contributed by atoms with Gasteiger partial charge in [-0.3, -0.25) is 4.68 Å². The lowest BCUT2D eigenvalue weighted by atomic mass is 10.2. The summed E-state index contributed by atoms with van der Waals surface area (Å²) in [7, 11) is 0. The van der Waals surface area contributed by atoms with Crippen molar-refractivity contribution in [2.24, 2.45) is 0 Å². The minimum absolute atomic E-state index is 0.343. The third kappa shape index (κ3) is 3.17. The zero-order valence-corrected chi connectivity index (χ0v) is 11.8. The van der Waals surface area contributed by atoms with E-state index < -0.39 is 0 Å². The van der Waals surface area contributed by atoms with Crippen molar-refractivity contribution >= 4 is 11.3 Å². The van der Waals surface area contributed by atoms with Crippen LogP contribution in [0.25, 0.3) is 0 Å². The Hall–Kier alpha value is -1.20. The van der Waals surface area contributed by atoms with E-state index in [1.807, 2.05) is 17.8 Å². The SMILES string of the molecule is CCCn1nccc1CNC(CC)c1nccs1. The normalized spacial score (nSPS) is 12.8. The number of nitrogens with one attached hydrogen (secondary N) is 1. The van der Waals surface area contributed by atoms with Crippen LogP contribution in [0.1, 0.15) is 43.4 Å². The molecule has 2 aromatic rings. The second-order valence-electron chi connectivity index (χ2n) is 4.26. The van der Waals surface area contributed by atoms with E-state index in [0.717, 1.165) is 25.9 Å². The highest BCUT2D eigenvalue weighted by atomic mass is 32.1. The molecule has 0 fully saturated rings. The predicted octanol–water partition coefficient (Wildman–Crippen LogP) is 2.99. The molecule has 0 saturated carbocycles. The van der Waals surface area contributed by atoms with Crippen molar-refractivity contribution in [1.82, 2.24) is 20.1 Å². The first kappa shape index (κ1) is 13.2. The fourth-order valence-corrected chi connectivity index (χ4v) is 2.76. The monoisotopic (exact) mass is 264 g/mol. The first-order valence-electron chi connectivity index (χ1n) is 6.48. The minimum atomic E-state index is 0.343. The van der Waals surface area contributed by atoms with Gasteiger partial charge >= 0.3 is 0 Å². The van der Waals surface area contributed by atoms with E-state index in [-0.39, 0.29) is 0 Å². The largest absolute Gasteiger partial charge is 0.302 e. The van der Waals surface area contributed by atoms with Crippen molar-refractivity contribution in [3.63, 3.8) is 0 Å². The zero-order chi connectivity index (χ0) is 12.8. The van der Waals surface area contributed by atoms with Gasteiger partial charge in [-0.1, -0.05) is 13.8 Å². The molecule has 1 atom stereocenters. The average molecular weight is 264 g/mol. The fraction of sp³-hybridized carbons (Fsp3) is 0.538. The first-order valence-corrected chi connectivity index (χ1v) is 7.36. The third-order valence-corrected chi connectivity index (χ3v) is 3.82. The van der Waals surface area contributed by atoms with Gasteiger partial charge in [0.05, 0.1) is 11.7 Å². The summed E-state index contributed by atoms with van der Waals surface area (Å²) in [6, 6.07) is 2.42. The van der Waals surface area contributed by atoms with E-state index in [1.54, 1.807) is 11.3 Å². The number of nitrogens with zero attached hydrogens (tertiary/aromatic N) is 3. The van der Waals surface area contributed by atoms with E-state index in [4.69, 9.17) is 0 Å². The highest BCUT2D eigenvalue weighted by molar-refractivity contribution is 7.09. The number of aromatic nitrogens is 3. The number of rotatable bonds is 7. The van der Waals surface area contributed by atoms with Crippen LogP contribution in [0, 0.1) is 0 Å². The molecule has 5 heteroatoms. The maximum atomic E-state index is 4.38. The molecule has 0 aliphatic carbocycles. The molecule has 0 bridgehead atoms. The van der Waals surface area contributed by atoms with Gasteiger partial charge in [-0.2, -0.15) is 5.10 Å². The van der Waals surface area contributed by atoms with Crippen molar-refractivity contribution in [3.8, 4) is 0 Å². The van der Waals surface area contributed by atoms with Crippen LogP contribution in [0.4, 0.5) is 0 Å². The summed E-state index contributed by atoms with van der Waals surface area (Å²) in [5.41, 5.74) is 1.24. The molecule has 0 saturated heterocycles. The van der Waals surface area contributed by atoms with Crippen LogP contribution in [-0.2, 0) is 13.1 Å². The Labute approximate surface area is 112 Å². The van der Waals surface area contributed by atoms with E-state index >= 15 is 0 Å². The number of thiazole rings is 1. The van der Waals surface area contributed by atoms with Gasteiger partial charge in [-0.15, -0.1) is 11.3 Å². The van der Waals surface area contributed by atoms with Crippen LogP contribution in [0.15, 0.2) is 23.8 Å². The Morgan fingerprint density at radius 2 is 2.28 bits per heavy atom. The van der Waals surface area contributed by atoms with E-state index in [9.17, 15) is 0 Å². The molecular formula is C13H20N4S. The lowest BCUT2D eigenvalue weighted by Gasteiger charge is -2.15. The number of aryl methyl sites for hydroxylation is 1. The van der Waals surface area contributed by atoms with Gasteiger partial charge in [0.15, 0.2) is 0 Å². The predicted molar refractivity (Wildman–Crippen MR) is 74.5 cm³/mol. The van der Waals surface area contributed by atoms with Gasteiger partial charge in [0, 0.05) is 30.9 Å². The van der Waals surface area contributed by atoms with E-state index in [2.05, 4.69) is 40.0 Å². The summed E-state index contributed by atoms with van der Waals surface area (Å²) in [4.78, 5) is 4.38. The molecule has 0 aliphatic heterocycles. The summed E-state index contributed by atoms with van der Waals surface area (Å²) in [5.74, 6) is 0. The van der Waals surface area contributed by atoms with Gasteiger partial charge in [-0.05, 0) is 18.9 Å². The van der Waals surface area contributed by atoms with Gasteiger partial charge in [-0.25, -0.2) is 4.98 Å². The molecule has 1 unspecified atom stereocenters. The summed E-state index contributed by atoms with van der Waals surface area (Å²) in [6.07, 6.45) is 5.90. The van der Waals surface area contributed by atoms with Crippen LogP contribution in [0.5, 0.6) is 0 Å². The highest BCUT2D eigenvalue weighted by Gasteiger charge is 2.12. The number of hydrogen-bond donors (Lipinski definition) is 1. The fourth-order valence-electron chi connectivity index (χ4n) is 1.96. The molecular weight excluding hydrogens is 244 g/mol. The van der Waals surface area contributed by atoms with E-state index in [0.29, 0.717) is 6.04 Å². The third-order valence-electron chi connectivity index (χ3n) is 2.93. The van der Waals surface area contributed by atoms with Crippen LogP contribution in [0.3, 0.4) is 0 Å². The van der Waals surface area contributed by atoms with Gasteiger partial charge in [0.25, 0.3) is 0 Å². The summed E-state index contributed by atoms with van der Waals surface area (Å²) >= 11 is 1.71. The van der Waals surface area contributed by atoms with Gasteiger partial charge in [0.1, 0.15) is 5.01 Å². The molecule has 0 spiro atoms. The van der Waals surface area contributed by atoms with Gasteiger partial charge < -0.3 is 5.32 Å².